The van der Waals surface area contributed by atoms with Gasteiger partial charge in [-0.2, -0.15) is 0 Å². The molecule has 0 aliphatic carbocycles. The van der Waals surface area contributed by atoms with Gasteiger partial charge in [-0.1, -0.05) is 103 Å². The van der Waals surface area contributed by atoms with Crippen LogP contribution in [0.25, 0.3) is 0 Å². The average Bonchev–Trinajstić information content (AvgIpc) is 3.29. The molecule has 4 aromatic carbocycles. The van der Waals surface area contributed by atoms with Crippen molar-refractivity contribution >= 4 is 41.7 Å². The summed E-state index contributed by atoms with van der Waals surface area (Å²) in [5.41, 5.74) is 2.21. The van der Waals surface area contributed by atoms with Crippen molar-refractivity contribution in [3.05, 3.63) is 138 Å². The first kappa shape index (κ1) is 50.4. The van der Waals surface area contributed by atoms with Crippen molar-refractivity contribution in [3.8, 4) is 5.75 Å². The molecular weight excluding hydrogens is 835 g/mol. The summed E-state index contributed by atoms with van der Waals surface area (Å²) in [6.45, 7) is 4.03. The second kappa shape index (κ2) is 26.4. The number of esters is 2. The Morgan fingerprint density at radius 1 is 0.585 bits per heavy atom. The molecule has 0 spiro atoms. The molecule has 0 aromatic heterocycles. The predicted octanol–water partition coefficient (Wildman–Crippen LogP) is 5.08. The molecule has 16 heteroatoms. The third-order valence-electron chi connectivity index (χ3n) is 9.63. The van der Waals surface area contributed by atoms with Crippen LogP contribution in [0.4, 0.5) is 4.79 Å². The molecule has 0 bridgehead atoms. The summed E-state index contributed by atoms with van der Waals surface area (Å²) < 4.78 is 15.9. The zero-order valence-corrected chi connectivity index (χ0v) is 37.0. The van der Waals surface area contributed by atoms with Crippen molar-refractivity contribution in [1.29, 1.82) is 0 Å². The van der Waals surface area contributed by atoms with E-state index in [0.717, 1.165) is 16.7 Å². The van der Waals surface area contributed by atoms with E-state index in [2.05, 4.69) is 26.6 Å². The Labute approximate surface area is 379 Å². The molecule has 16 nitrogen and oxygen atoms in total. The van der Waals surface area contributed by atoms with Crippen LogP contribution in [0.5, 0.6) is 5.75 Å². The van der Waals surface area contributed by atoms with Gasteiger partial charge in [-0.3, -0.25) is 28.8 Å². The third kappa shape index (κ3) is 19.8. The van der Waals surface area contributed by atoms with Crippen molar-refractivity contribution in [2.24, 2.45) is 0 Å². The van der Waals surface area contributed by atoms with Gasteiger partial charge in [0.1, 0.15) is 36.6 Å². The highest BCUT2D eigenvalue weighted by molar-refractivity contribution is 5.93. The molecule has 4 rings (SSSR count). The summed E-state index contributed by atoms with van der Waals surface area (Å²) in [6, 6.07) is 30.9. The fourth-order valence-electron chi connectivity index (χ4n) is 6.39. The monoisotopic (exact) mass is 893 g/mol. The van der Waals surface area contributed by atoms with Crippen molar-refractivity contribution in [2.75, 3.05) is 19.7 Å². The Balaban J connectivity index is 1.33. The standard InChI is InChI=1S/C49H59N5O11/c1-49(2,3)65-48(62)53-40(30-34-25-27-38(55)28-26-34)47(61)52-39(22-15-29-50-41(56)23-13-14-24-43(58)63-32-35-16-7-4-8-17-35)46(60)51-31-44(59)64-33-42(57)54-45(36-18-9-5-10-19-36)37-20-11-6-12-21-37/h4-12,16-21,25-28,39-40,45,55H,13-15,22-24,29-33H2,1-3H3,(H,50,56)(H,51,60)(H,52,61)(H,53,62)(H,54,57)/t39-,40-/m0/s1. The van der Waals surface area contributed by atoms with Crippen molar-refractivity contribution in [3.63, 3.8) is 0 Å². The minimum Gasteiger partial charge on any atom is -0.508 e. The summed E-state index contributed by atoms with van der Waals surface area (Å²) in [6.07, 6.45) is 0.511. The summed E-state index contributed by atoms with van der Waals surface area (Å²) >= 11 is 0. The molecule has 0 aliphatic rings. The first-order chi connectivity index (χ1) is 31.1. The minimum absolute atomic E-state index is 0.000584. The number of benzene rings is 4. The van der Waals surface area contributed by atoms with Crippen LogP contribution in [0, 0.1) is 0 Å². The summed E-state index contributed by atoms with van der Waals surface area (Å²) in [7, 11) is 0. The molecule has 5 amide bonds. The maximum absolute atomic E-state index is 13.8. The van der Waals surface area contributed by atoms with Crippen LogP contribution >= 0.6 is 0 Å². The summed E-state index contributed by atoms with van der Waals surface area (Å²) in [4.78, 5) is 90.8. The lowest BCUT2D eigenvalue weighted by molar-refractivity contribution is -0.148. The highest BCUT2D eigenvalue weighted by atomic mass is 16.6. The fourth-order valence-corrected chi connectivity index (χ4v) is 6.39. The topological polar surface area (TPSA) is 228 Å². The number of nitrogens with one attached hydrogen (secondary N) is 5. The lowest BCUT2D eigenvalue weighted by atomic mass is 9.99. The van der Waals surface area contributed by atoms with Gasteiger partial charge in [0.05, 0.1) is 6.04 Å². The Morgan fingerprint density at radius 2 is 1.18 bits per heavy atom. The number of ether oxygens (including phenoxy) is 3. The van der Waals surface area contributed by atoms with Crippen molar-refractivity contribution < 1.29 is 52.9 Å². The van der Waals surface area contributed by atoms with E-state index in [1.807, 2.05) is 91.0 Å². The number of carbonyl (C=O) groups excluding carboxylic acids is 7. The average molecular weight is 894 g/mol. The molecule has 0 saturated carbocycles. The zero-order valence-electron chi connectivity index (χ0n) is 37.0. The summed E-state index contributed by atoms with van der Waals surface area (Å²) in [5, 5.41) is 23.1. The molecule has 0 heterocycles. The first-order valence-corrected chi connectivity index (χ1v) is 21.5. The number of alkyl carbamates (subject to hydrolysis) is 1. The molecule has 0 aliphatic heterocycles. The second-order valence-corrected chi connectivity index (χ2v) is 16.2. The smallest absolute Gasteiger partial charge is 0.408 e. The van der Waals surface area contributed by atoms with Gasteiger partial charge in [-0.15, -0.1) is 0 Å². The Hall–Kier alpha value is -7.23. The molecule has 6 N–H and O–H groups in total. The van der Waals surface area contributed by atoms with Crippen LogP contribution in [0.1, 0.15) is 87.6 Å². The molecular formula is C49H59N5O11. The molecule has 4 aromatic rings. The van der Waals surface area contributed by atoms with Gasteiger partial charge in [0.15, 0.2) is 6.61 Å². The van der Waals surface area contributed by atoms with E-state index in [4.69, 9.17) is 14.2 Å². The number of hydrogen-bond acceptors (Lipinski definition) is 11. The van der Waals surface area contributed by atoms with E-state index < -0.39 is 66.7 Å². The molecule has 2 atom stereocenters. The maximum atomic E-state index is 13.8. The van der Waals surface area contributed by atoms with Crippen molar-refractivity contribution in [1.82, 2.24) is 26.6 Å². The summed E-state index contributed by atoms with van der Waals surface area (Å²) in [5.74, 6) is -3.63. The van der Waals surface area contributed by atoms with Gasteiger partial charge in [0.2, 0.25) is 17.7 Å². The van der Waals surface area contributed by atoms with Gasteiger partial charge in [0, 0.05) is 25.8 Å². The molecule has 0 unspecified atom stereocenters. The van der Waals surface area contributed by atoms with E-state index in [-0.39, 0.29) is 62.9 Å². The van der Waals surface area contributed by atoms with E-state index >= 15 is 0 Å². The fraction of sp³-hybridized carbons (Fsp3) is 0.367. The number of aromatic hydroxyl groups is 1. The van der Waals surface area contributed by atoms with Crippen LogP contribution in [0.2, 0.25) is 0 Å². The second-order valence-electron chi connectivity index (χ2n) is 16.2. The number of amides is 5. The Bertz CT molecular complexity index is 2110. The van der Waals surface area contributed by atoms with Gasteiger partial charge in [-0.25, -0.2) is 4.79 Å². The molecule has 346 valence electrons. The van der Waals surface area contributed by atoms with E-state index in [1.165, 1.54) is 12.1 Å². The zero-order chi connectivity index (χ0) is 47.0. The number of phenolic OH excluding ortho intramolecular Hbond substituents is 1. The highest BCUT2D eigenvalue weighted by Gasteiger charge is 2.29. The van der Waals surface area contributed by atoms with E-state index in [9.17, 15) is 38.7 Å². The van der Waals surface area contributed by atoms with Crippen LogP contribution in [0.15, 0.2) is 115 Å². The maximum Gasteiger partial charge on any atom is 0.408 e. The number of hydrogen-bond donors (Lipinski definition) is 6. The SMILES string of the molecule is CC(C)(C)OC(=O)N[C@@H](Cc1ccc(O)cc1)C(=O)N[C@@H](CCCNC(=O)CCCCC(=O)OCc1ccccc1)C(=O)NCC(=O)OCC(=O)NC(c1ccccc1)c1ccccc1. The van der Waals surface area contributed by atoms with Gasteiger partial charge >= 0.3 is 18.0 Å². The molecule has 65 heavy (non-hydrogen) atoms. The van der Waals surface area contributed by atoms with Crippen LogP contribution < -0.4 is 26.6 Å². The normalized spacial score (nSPS) is 11.9. The third-order valence-corrected chi connectivity index (χ3v) is 9.63. The number of unbranched alkanes of at least 4 members (excludes halogenated alkanes) is 1. The molecule has 0 saturated heterocycles. The quantitative estimate of drug-likeness (QED) is 0.0309. The Kier molecular flexibility index (Phi) is 20.5. The van der Waals surface area contributed by atoms with Gasteiger partial charge < -0.3 is 45.9 Å². The van der Waals surface area contributed by atoms with E-state index in [0.29, 0.717) is 18.4 Å². The van der Waals surface area contributed by atoms with Crippen molar-refractivity contribution in [2.45, 2.75) is 96.1 Å². The van der Waals surface area contributed by atoms with Gasteiger partial charge in [0.25, 0.3) is 5.91 Å². The van der Waals surface area contributed by atoms with E-state index in [1.54, 1.807) is 32.9 Å². The molecule has 0 fully saturated rings. The van der Waals surface area contributed by atoms with Crippen LogP contribution in [0.3, 0.4) is 0 Å². The molecule has 0 radical (unpaired) electrons. The largest absolute Gasteiger partial charge is 0.508 e. The first-order valence-electron chi connectivity index (χ1n) is 21.5. The minimum atomic E-state index is -1.25. The Morgan fingerprint density at radius 3 is 1.80 bits per heavy atom. The lowest BCUT2D eigenvalue weighted by Crippen LogP contribution is -2.55. The number of carbonyl (C=O) groups is 7. The van der Waals surface area contributed by atoms with Crippen LogP contribution in [-0.4, -0.2) is 84.1 Å². The highest BCUT2D eigenvalue weighted by Crippen LogP contribution is 2.22. The lowest BCUT2D eigenvalue weighted by Gasteiger charge is -2.25. The predicted molar refractivity (Wildman–Crippen MR) is 241 cm³/mol. The number of phenols is 1. The van der Waals surface area contributed by atoms with Gasteiger partial charge in [-0.05, 0) is 80.8 Å². The van der Waals surface area contributed by atoms with Crippen LogP contribution in [-0.2, 0) is 56.0 Å². The number of rotatable bonds is 24.